The highest BCUT2D eigenvalue weighted by molar-refractivity contribution is 5.91. The number of rotatable bonds is 5. The van der Waals surface area contributed by atoms with Gasteiger partial charge in [0, 0.05) is 12.3 Å². The minimum absolute atomic E-state index is 0.0160. The maximum atomic E-state index is 11.8. The first-order valence-corrected chi connectivity index (χ1v) is 7.55. The summed E-state index contributed by atoms with van der Waals surface area (Å²) in [5, 5.41) is 23.8. The number of amides is 1. The third-order valence-corrected chi connectivity index (χ3v) is 3.37. The van der Waals surface area contributed by atoms with E-state index < -0.39 is 22.7 Å². The summed E-state index contributed by atoms with van der Waals surface area (Å²) in [6, 6.07) is 4.15. The van der Waals surface area contributed by atoms with Crippen LogP contribution in [0.5, 0.6) is 0 Å². The van der Waals surface area contributed by atoms with Crippen molar-refractivity contribution in [3.05, 3.63) is 40.1 Å². The van der Waals surface area contributed by atoms with Gasteiger partial charge in [0.25, 0.3) is 5.69 Å². The van der Waals surface area contributed by atoms with Gasteiger partial charge >= 0.3 is 6.09 Å². The molecule has 0 spiro atoms. The number of nitrogens with zero attached hydrogens (tertiary/aromatic N) is 1. The average Bonchev–Trinajstić information content (AvgIpc) is 2.87. The van der Waals surface area contributed by atoms with Crippen molar-refractivity contribution in [3.63, 3.8) is 0 Å². The van der Waals surface area contributed by atoms with Crippen molar-refractivity contribution in [1.82, 2.24) is 10.3 Å². The molecule has 2 aromatic rings. The summed E-state index contributed by atoms with van der Waals surface area (Å²) in [5.74, 6) is 0. The number of aliphatic hydroxyl groups is 1. The number of hydrogen-bond donors (Lipinski definition) is 3. The summed E-state index contributed by atoms with van der Waals surface area (Å²) in [6.45, 7) is 4.91. The maximum Gasteiger partial charge on any atom is 0.407 e. The number of fused-ring (bicyclic) bond motifs is 1. The number of aromatic amines is 1. The summed E-state index contributed by atoms with van der Waals surface area (Å²) in [4.78, 5) is 25.6. The molecule has 1 unspecified atom stereocenters. The van der Waals surface area contributed by atoms with Crippen LogP contribution in [0, 0.1) is 10.1 Å². The fraction of sp³-hybridized carbons (Fsp3) is 0.438. The molecule has 8 nitrogen and oxygen atoms in total. The van der Waals surface area contributed by atoms with Gasteiger partial charge in [-0.2, -0.15) is 0 Å². The lowest BCUT2D eigenvalue weighted by Gasteiger charge is -2.22. The van der Waals surface area contributed by atoms with Crippen LogP contribution in [0.15, 0.2) is 24.4 Å². The van der Waals surface area contributed by atoms with Gasteiger partial charge in [-0.05, 0) is 38.8 Å². The highest BCUT2D eigenvalue weighted by atomic mass is 16.6. The van der Waals surface area contributed by atoms with E-state index in [1.807, 2.05) is 0 Å². The lowest BCUT2D eigenvalue weighted by molar-refractivity contribution is -0.383. The van der Waals surface area contributed by atoms with Gasteiger partial charge in [0.05, 0.1) is 28.5 Å². The molecule has 0 aliphatic carbocycles. The zero-order valence-corrected chi connectivity index (χ0v) is 13.8. The molecule has 2 rings (SSSR count). The highest BCUT2D eigenvalue weighted by Crippen LogP contribution is 2.29. The quantitative estimate of drug-likeness (QED) is 0.573. The monoisotopic (exact) mass is 335 g/mol. The molecular formula is C16H21N3O5. The van der Waals surface area contributed by atoms with E-state index in [1.54, 1.807) is 39.1 Å². The predicted molar refractivity (Wildman–Crippen MR) is 88.9 cm³/mol. The number of nitro groups is 1. The Morgan fingerprint density at radius 1 is 1.46 bits per heavy atom. The first-order chi connectivity index (χ1) is 11.2. The van der Waals surface area contributed by atoms with Gasteiger partial charge in [-0.3, -0.25) is 10.1 Å². The van der Waals surface area contributed by atoms with E-state index in [2.05, 4.69) is 10.3 Å². The molecule has 1 amide bonds. The van der Waals surface area contributed by atoms with Crippen LogP contribution in [0.3, 0.4) is 0 Å². The minimum atomic E-state index is -0.649. The van der Waals surface area contributed by atoms with Gasteiger partial charge < -0.3 is 20.1 Å². The van der Waals surface area contributed by atoms with E-state index in [1.165, 1.54) is 6.07 Å². The Labute approximate surface area is 139 Å². The molecular weight excluding hydrogens is 314 g/mol. The summed E-state index contributed by atoms with van der Waals surface area (Å²) in [5.41, 5.74) is 0.613. The van der Waals surface area contributed by atoms with Crippen molar-refractivity contribution in [1.29, 1.82) is 0 Å². The van der Waals surface area contributed by atoms with E-state index in [9.17, 15) is 20.0 Å². The molecule has 1 atom stereocenters. The molecule has 1 heterocycles. The Kier molecular flexibility index (Phi) is 5.08. The van der Waals surface area contributed by atoms with Gasteiger partial charge in [-0.25, -0.2) is 4.79 Å². The van der Waals surface area contributed by atoms with E-state index in [-0.39, 0.29) is 18.7 Å². The van der Waals surface area contributed by atoms with Crippen LogP contribution >= 0.6 is 0 Å². The standard InChI is InChI=1S/C16H21N3O5/c1-16(2,3)24-15(21)18-11(9-20)7-10-8-17-12-5-4-6-13(14(10)12)19(22)23/h4-6,8,11,17,20H,7,9H2,1-3H3,(H,18,21). The number of non-ortho nitro benzene ring substituents is 1. The Bertz CT molecular complexity index is 748. The number of nitrogens with one attached hydrogen (secondary N) is 2. The SMILES string of the molecule is CC(C)(C)OC(=O)NC(CO)Cc1c[nH]c2cccc([N+](=O)[O-])c12. The molecule has 24 heavy (non-hydrogen) atoms. The lowest BCUT2D eigenvalue weighted by atomic mass is 10.0. The number of nitro benzene ring substituents is 1. The molecule has 130 valence electrons. The fourth-order valence-electron chi connectivity index (χ4n) is 2.45. The van der Waals surface area contributed by atoms with Crippen LogP contribution in [0.2, 0.25) is 0 Å². The van der Waals surface area contributed by atoms with Crippen molar-refractivity contribution < 1.29 is 19.6 Å². The van der Waals surface area contributed by atoms with E-state index in [0.29, 0.717) is 16.5 Å². The summed E-state index contributed by atoms with van der Waals surface area (Å²) in [7, 11) is 0. The largest absolute Gasteiger partial charge is 0.444 e. The lowest BCUT2D eigenvalue weighted by Crippen LogP contribution is -2.42. The number of carbonyl (C=O) groups excluding carboxylic acids is 1. The van der Waals surface area contributed by atoms with Gasteiger partial charge in [0.2, 0.25) is 0 Å². The van der Waals surface area contributed by atoms with Gasteiger partial charge in [0.1, 0.15) is 5.60 Å². The molecule has 0 radical (unpaired) electrons. The van der Waals surface area contributed by atoms with Crippen LogP contribution in [0.1, 0.15) is 26.3 Å². The second-order valence-electron chi connectivity index (χ2n) is 6.50. The van der Waals surface area contributed by atoms with Crippen molar-refractivity contribution in [2.45, 2.75) is 38.8 Å². The Balaban J connectivity index is 2.21. The highest BCUT2D eigenvalue weighted by Gasteiger charge is 2.22. The zero-order valence-electron chi connectivity index (χ0n) is 13.8. The van der Waals surface area contributed by atoms with Crippen LogP contribution < -0.4 is 5.32 Å². The second-order valence-corrected chi connectivity index (χ2v) is 6.50. The minimum Gasteiger partial charge on any atom is -0.444 e. The Morgan fingerprint density at radius 3 is 2.75 bits per heavy atom. The second kappa shape index (κ2) is 6.88. The predicted octanol–water partition coefficient (Wildman–Crippen LogP) is 2.50. The molecule has 0 aliphatic rings. The van der Waals surface area contributed by atoms with E-state index in [0.717, 1.165) is 0 Å². The van der Waals surface area contributed by atoms with Gasteiger partial charge in [-0.15, -0.1) is 0 Å². The number of hydrogen-bond acceptors (Lipinski definition) is 5. The number of aliphatic hydroxyl groups excluding tert-OH is 1. The van der Waals surface area contributed by atoms with Crippen LogP contribution in [0.4, 0.5) is 10.5 Å². The van der Waals surface area contributed by atoms with Crippen molar-refractivity contribution >= 4 is 22.7 Å². The summed E-state index contributed by atoms with van der Waals surface area (Å²) >= 11 is 0. The van der Waals surface area contributed by atoms with Crippen LogP contribution in [-0.2, 0) is 11.2 Å². The molecule has 1 aromatic heterocycles. The zero-order chi connectivity index (χ0) is 17.9. The molecule has 1 aromatic carbocycles. The van der Waals surface area contributed by atoms with Crippen molar-refractivity contribution in [3.8, 4) is 0 Å². The normalized spacial score (nSPS) is 12.8. The van der Waals surface area contributed by atoms with Crippen LogP contribution in [-0.4, -0.2) is 39.4 Å². The maximum absolute atomic E-state index is 11.8. The van der Waals surface area contributed by atoms with E-state index >= 15 is 0 Å². The fourth-order valence-corrected chi connectivity index (χ4v) is 2.45. The number of H-pyrrole nitrogens is 1. The third kappa shape index (κ3) is 4.23. The Hall–Kier alpha value is -2.61. The number of carbonyl (C=O) groups is 1. The van der Waals surface area contributed by atoms with Crippen LogP contribution in [0.25, 0.3) is 10.9 Å². The molecule has 0 saturated heterocycles. The van der Waals surface area contributed by atoms with Crippen molar-refractivity contribution in [2.75, 3.05) is 6.61 Å². The topological polar surface area (TPSA) is 117 Å². The van der Waals surface area contributed by atoms with Gasteiger partial charge in [-0.1, -0.05) is 6.07 Å². The first kappa shape index (κ1) is 17.7. The molecule has 0 aliphatic heterocycles. The third-order valence-electron chi connectivity index (χ3n) is 3.37. The first-order valence-electron chi connectivity index (χ1n) is 7.55. The summed E-state index contributed by atoms with van der Waals surface area (Å²) < 4.78 is 5.16. The van der Waals surface area contributed by atoms with Gasteiger partial charge in [0.15, 0.2) is 0 Å². The summed E-state index contributed by atoms with van der Waals surface area (Å²) in [6.07, 6.45) is 1.24. The number of benzene rings is 1. The molecule has 0 bridgehead atoms. The molecule has 0 saturated carbocycles. The number of aromatic nitrogens is 1. The van der Waals surface area contributed by atoms with Crippen molar-refractivity contribution in [2.24, 2.45) is 0 Å². The molecule has 8 heteroatoms. The van der Waals surface area contributed by atoms with E-state index in [4.69, 9.17) is 4.74 Å². The average molecular weight is 335 g/mol. The number of alkyl carbamates (subject to hydrolysis) is 1. The smallest absolute Gasteiger partial charge is 0.407 e. The Morgan fingerprint density at radius 2 is 2.17 bits per heavy atom. The molecule has 3 N–H and O–H groups in total. The molecule has 0 fully saturated rings. The number of ether oxygens (including phenoxy) is 1.